The standard InChI is InChI=1S/2C23H20.C18H18/c1-15-13-19(14-16(2)17(15)3)21-9-6-10-22-20-8-5-4-7-18(20)11-12-23(21)22;1-15-8-12-21(17(3)16(15)2)19-11-13-23-20(14-19)10-9-18-6-4-5-7-22(18)23;1-11-10-17-16-8-6-5-7-15(16)9-12(2)18(17)14(4)13(11)3/h2*4-14H,1-3H3;5-10H,1-4H3. The summed E-state index contributed by atoms with van der Waals surface area (Å²) < 4.78 is 0. The van der Waals surface area contributed by atoms with Crippen molar-refractivity contribution in [2.24, 2.45) is 0 Å². The lowest BCUT2D eigenvalue weighted by atomic mass is 9.90. The molecule has 314 valence electrons. The molecule has 11 rings (SSSR count). The predicted octanol–water partition coefficient (Wildman–Crippen LogP) is 18.4. The van der Waals surface area contributed by atoms with Crippen molar-refractivity contribution in [1.29, 1.82) is 0 Å². The van der Waals surface area contributed by atoms with E-state index in [9.17, 15) is 0 Å². The van der Waals surface area contributed by atoms with E-state index in [2.05, 4.69) is 239 Å². The monoisotopic (exact) mass is 826 g/mol. The van der Waals surface area contributed by atoms with Crippen LogP contribution in [-0.4, -0.2) is 0 Å². The summed E-state index contributed by atoms with van der Waals surface area (Å²) in [6.07, 6.45) is 0. The van der Waals surface area contributed by atoms with Crippen LogP contribution in [0.4, 0.5) is 0 Å². The van der Waals surface area contributed by atoms with Gasteiger partial charge in [-0.2, -0.15) is 0 Å². The van der Waals surface area contributed by atoms with Gasteiger partial charge in [0, 0.05) is 0 Å². The van der Waals surface area contributed by atoms with Crippen LogP contribution in [-0.2, 0) is 0 Å². The Labute approximate surface area is 379 Å². The van der Waals surface area contributed by atoms with Gasteiger partial charge in [-0.25, -0.2) is 0 Å². The molecule has 0 radical (unpaired) electrons. The molecule has 0 atom stereocenters. The zero-order valence-electron chi connectivity index (χ0n) is 39.2. The number of rotatable bonds is 2. The fraction of sp³-hybridized carbons (Fsp3) is 0.156. The largest absolute Gasteiger partial charge is 0.0616 e. The highest BCUT2D eigenvalue weighted by Crippen LogP contribution is 2.37. The van der Waals surface area contributed by atoms with Gasteiger partial charge in [0.15, 0.2) is 0 Å². The summed E-state index contributed by atoms with van der Waals surface area (Å²) in [5.74, 6) is 0. The Morgan fingerprint density at radius 2 is 0.719 bits per heavy atom. The van der Waals surface area contributed by atoms with E-state index in [1.54, 1.807) is 0 Å². The molecule has 0 heteroatoms. The molecule has 0 unspecified atom stereocenters. The van der Waals surface area contributed by atoms with Crippen LogP contribution in [0.25, 0.3) is 86.9 Å². The summed E-state index contributed by atoms with van der Waals surface area (Å²) in [6.45, 7) is 22.1. The van der Waals surface area contributed by atoms with E-state index < -0.39 is 0 Å². The highest BCUT2D eigenvalue weighted by molar-refractivity contribution is 6.13. The topological polar surface area (TPSA) is 0 Å². The normalized spacial score (nSPS) is 11.3. The molecule has 0 aromatic heterocycles. The molecule has 0 aliphatic heterocycles. The van der Waals surface area contributed by atoms with E-state index in [4.69, 9.17) is 0 Å². The van der Waals surface area contributed by atoms with E-state index >= 15 is 0 Å². The van der Waals surface area contributed by atoms with E-state index in [-0.39, 0.29) is 0 Å². The molecule has 11 aromatic carbocycles. The van der Waals surface area contributed by atoms with Crippen LogP contribution in [0, 0.1) is 69.2 Å². The summed E-state index contributed by atoms with van der Waals surface area (Å²) in [5, 5.41) is 16.1. The van der Waals surface area contributed by atoms with Crippen molar-refractivity contribution in [2.45, 2.75) is 69.2 Å². The molecule has 0 bridgehead atoms. The molecule has 11 aromatic rings. The molecule has 0 N–H and O–H groups in total. The van der Waals surface area contributed by atoms with E-state index in [1.165, 1.54) is 143 Å². The van der Waals surface area contributed by atoms with Gasteiger partial charge in [0.05, 0.1) is 0 Å². The zero-order valence-corrected chi connectivity index (χ0v) is 39.2. The maximum Gasteiger partial charge on any atom is -0.00972 e. The van der Waals surface area contributed by atoms with Crippen LogP contribution in [0.2, 0.25) is 0 Å². The van der Waals surface area contributed by atoms with Crippen molar-refractivity contribution in [2.75, 3.05) is 0 Å². The molecular weight excluding hydrogens is 769 g/mol. The van der Waals surface area contributed by atoms with Crippen molar-refractivity contribution < 1.29 is 0 Å². The Morgan fingerprint density at radius 3 is 1.41 bits per heavy atom. The minimum absolute atomic E-state index is 1.30. The van der Waals surface area contributed by atoms with Crippen molar-refractivity contribution in [3.63, 3.8) is 0 Å². The minimum Gasteiger partial charge on any atom is -0.0616 e. The maximum absolute atomic E-state index is 2.34. The molecule has 0 aliphatic carbocycles. The second kappa shape index (κ2) is 17.3. The lowest BCUT2D eigenvalue weighted by Gasteiger charge is -2.14. The second-order valence-corrected chi connectivity index (χ2v) is 18.1. The van der Waals surface area contributed by atoms with Crippen molar-refractivity contribution >= 4 is 64.6 Å². The van der Waals surface area contributed by atoms with Crippen LogP contribution >= 0.6 is 0 Å². The Bertz CT molecular complexity index is 3570. The molecular formula is C64H58. The van der Waals surface area contributed by atoms with Crippen LogP contribution in [0.15, 0.2) is 170 Å². The third-order valence-corrected chi connectivity index (χ3v) is 14.3. The van der Waals surface area contributed by atoms with Gasteiger partial charge in [0.2, 0.25) is 0 Å². The summed E-state index contributed by atoms with van der Waals surface area (Å²) in [7, 11) is 0. The Balaban J connectivity index is 0.000000123. The lowest BCUT2D eigenvalue weighted by molar-refractivity contribution is 1.27. The third kappa shape index (κ3) is 7.73. The van der Waals surface area contributed by atoms with Gasteiger partial charge in [-0.3, -0.25) is 0 Å². The number of benzene rings is 11. The Kier molecular flexibility index (Phi) is 11.4. The van der Waals surface area contributed by atoms with Gasteiger partial charge in [0.25, 0.3) is 0 Å². The first-order valence-corrected chi connectivity index (χ1v) is 22.8. The molecule has 0 heterocycles. The number of aryl methyl sites for hydroxylation is 6. The van der Waals surface area contributed by atoms with Gasteiger partial charge >= 0.3 is 0 Å². The quantitative estimate of drug-likeness (QED) is 0.152. The van der Waals surface area contributed by atoms with Gasteiger partial charge in [0.1, 0.15) is 0 Å². The molecule has 0 saturated carbocycles. The highest BCUT2D eigenvalue weighted by Gasteiger charge is 2.12. The first-order valence-electron chi connectivity index (χ1n) is 22.8. The van der Waals surface area contributed by atoms with Gasteiger partial charge in [-0.15, -0.1) is 0 Å². The van der Waals surface area contributed by atoms with E-state index in [0.29, 0.717) is 0 Å². The summed E-state index contributed by atoms with van der Waals surface area (Å²) >= 11 is 0. The maximum atomic E-state index is 2.34. The van der Waals surface area contributed by atoms with Crippen molar-refractivity contribution in [3.05, 3.63) is 225 Å². The Hall–Kier alpha value is -7.02. The highest BCUT2D eigenvalue weighted by atomic mass is 14.2. The fourth-order valence-electron chi connectivity index (χ4n) is 9.91. The van der Waals surface area contributed by atoms with Crippen molar-refractivity contribution in [3.8, 4) is 22.3 Å². The first-order chi connectivity index (χ1) is 30.9. The molecule has 0 nitrogen and oxygen atoms in total. The number of fused-ring (bicyclic) bond motifs is 9. The fourth-order valence-corrected chi connectivity index (χ4v) is 9.91. The minimum atomic E-state index is 1.30. The summed E-state index contributed by atoms with van der Waals surface area (Å²) in [6, 6.07) is 62.1. The lowest BCUT2D eigenvalue weighted by Crippen LogP contribution is -1.92. The molecule has 0 amide bonds. The smallest absolute Gasteiger partial charge is 0.00972 e. The van der Waals surface area contributed by atoms with Crippen LogP contribution in [0.1, 0.15) is 55.6 Å². The van der Waals surface area contributed by atoms with Gasteiger partial charge < -0.3 is 0 Å². The average Bonchev–Trinajstić information content (AvgIpc) is 3.31. The SMILES string of the molecule is Cc1cc(-c2cccc3c2ccc2ccccc23)cc(C)c1C.Cc1cc2c(c(C)cc3ccccc32)c(C)c1C.Cc1ccc(-c2ccc3c(ccc4ccccc43)c2)c(C)c1C. The van der Waals surface area contributed by atoms with Gasteiger partial charge in [-0.1, -0.05) is 164 Å². The number of hydrogen-bond donors (Lipinski definition) is 0. The predicted molar refractivity (Wildman–Crippen MR) is 283 cm³/mol. The third-order valence-electron chi connectivity index (χ3n) is 14.3. The second-order valence-electron chi connectivity index (χ2n) is 18.1. The first kappa shape index (κ1) is 42.3. The zero-order chi connectivity index (χ0) is 44.8. The molecule has 0 aliphatic rings. The van der Waals surface area contributed by atoms with E-state index in [1.807, 2.05) is 0 Å². The summed E-state index contributed by atoms with van der Waals surface area (Å²) in [5.41, 5.74) is 19.1. The average molecular weight is 827 g/mol. The molecule has 0 saturated heterocycles. The van der Waals surface area contributed by atoms with E-state index in [0.717, 1.165) is 0 Å². The Morgan fingerprint density at radius 1 is 0.219 bits per heavy atom. The van der Waals surface area contributed by atoms with Crippen molar-refractivity contribution in [1.82, 2.24) is 0 Å². The van der Waals surface area contributed by atoms with Crippen LogP contribution < -0.4 is 0 Å². The molecule has 0 spiro atoms. The summed E-state index contributed by atoms with van der Waals surface area (Å²) in [4.78, 5) is 0. The molecule has 0 fully saturated rings. The number of hydrogen-bond acceptors (Lipinski definition) is 0. The van der Waals surface area contributed by atoms with Crippen LogP contribution in [0.3, 0.4) is 0 Å². The van der Waals surface area contributed by atoms with Gasteiger partial charge in [-0.05, 0) is 218 Å². The molecule has 64 heavy (non-hydrogen) atoms. The van der Waals surface area contributed by atoms with Crippen LogP contribution in [0.5, 0.6) is 0 Å².